The third-order valence-corrected chi connectivity index (χ3v) is 4.38. The molecule has 7 heteroatoms. The number of aliphatic hydroxyl groups is 1. The zero-order valence-electron chi connectivity index (χ0n) is 10.1. The van der Waals surface area contributed by atoms with Gasteiger partial charge in [-0.3, -0.25) is 4.79 Å². The van der Waals surface area contributed by atoms with Crippen molar-refractivity contribution in [3.8, 4) is 0 Å². The van der Waals surface area contributed by atoms with E-state index >= 15 is 0 Å². The van der Waals surface area contributed by atoms with Crippen molar-refractivity contribution in [3.05, 3.63) is 0 Å². The van der Waals surface area contributed by atoms with Crippen LogP contribution in [-0.4, -0.2) is 43.5 Å². The summed E-state index contributed by atoms with van der Waals surface area (Å²) in [6, 6.07) is 0. The molecule has 0 aromatic rings. The normalized spacial score (nSPS) is 16.6. The fraction of sp³-hybridized carbons (Fsp3) is 0.889. The number of ether oxygens (including phenoxy) is 1. The lowest BCUT2D eigenvalue weighted by atomic mass is 10.0. The Morgan fingerprint density at radius 2 is 1.81 bits per heavy atom. The Balaban J connectivity index is 4.91. The second kappa shape index (κ2) is 5.11. The first kappa shape index (κ1) is 15.3. The maximum Gasteiger partial charge on any atom is 0.325 e. The Morgan fingerprint density at radius 3 is 2.12 bits per heavy atom. The zero-order chi connectivity index (χ0) is 13.1. The summed E-state index contributed by atoms with van der Waals surface area (Å²) >= 11 is 0. The average Bonchev–Trinajstić information content (AvgIpc) is 2.13. The van der Waals surface area contributed by atoms with Crippen molar-refractivity contribution < 1.29 is 23.1 Å². The average molecular weight is 253 g/mol. The molecule has 0 aromatic carbocycles. The van der Waals surface area contributed by atoms with Crippen LogP contribution >= 0.6 is 0 Å². The smallest absolute Gasteiger partial charge is 0.325 e. The van der Waals surface area contributed by atoms with Crippen LogP contribution in [0.5, 0.6) is 0 Å². The minimum absolute atomic E-state index is 0.839. The Kier molecular flexibility index (Phi) is 4.90. The molecule has 0 aliphatic heterocycles. The summed E-state index contributed by atoms with van der Waals surface area (Å²) in [7, 11) is -2.74. The van der Waals surface area contributed by atoms with Gasteiger partial charge in [-0.05, 0) is 27.7 Å². The number of nitrogens with one attached hydrogen (secondary N) is 1. The van der Waals surface area contributed by atoms with Gasteiger partial charge in [0.05, 0.1) is 18.8 Å². The summed E-state index contributed by atoms with van der Waals surface area (Å²) in [5.74, 6) is -0.839. The van der Waals surface area contributed by atoms with Gasteiger partial charge in [-0.2, -0.15) is 0 Å². The standard InChI is InChI=1S/C9H19NO5S/c1-6(8(12)15-5)16(13,14)10-9(3,4)7(2)11/h6-7,10-11H,1-5H3. The number of methoxy groups -OCH3 is 1. The maximum atomic E-state index is 11.7. The summed E-state index contributed by atoms with van der Waals surface area (Å²) in [5.41, 5.74) is -1.04. The topological polar surface area (TPSA) is 92.7 Å². The fourth-order valence-electron chi connectivity index (χ4n) is 0.833. The molecular weight excluding hydrogens is 234 g/mol. The van der Waals surface area contributed by atoms with Crippen molar-refractivity contribution in [3.63, 3.8) is 0 Å². The second-order valence-electron chi connectivity index (χ2n) is 4.21. The van der Waals surface area contributed by atoms with Crippen molar-refractivity contribution in [2.24, 2.45) is 0 Å². The minimum atomic E-state index is -3.86. The number of hydrogen-bond acceptors (Lipinski definition) is 5. The maximum absolute atomic E-state index is 11.7. The summed E-state index contributed by atoms with van der Waals surface area (Å²) in [5, 5.41) is 8.07. The number of carbonyl (C=O) groups is 1. The third-order valence-electron chi connectivity index (χ3n) is 2.45. The summed E-state index contributed by atoms with van der Waals surface area (Å²) < 4.78 is 30.1. The van der Waals surface area contributed by atoms with E-state index in [0.717, 1.165) is 7.11 Å². The van der Waals surface area contributed by atoms with Crippen LogP contribution in [0.1, 0.15) is 27.7 Å². The van der Waals surface area contributed by atoms with E-state index in [0.29, 0.717) is 0 Å². The van der Waals surface area contributed by atoms with Crippen molar-refractivity contribution in [2.45, 2.75) is 44.6 Å². The van der Waals surface area contributed by atoms with Gasteiger partial charge < -0.3 is 9.84 Å². The molecule has 16 heavy (non-hydrogen) atoms. The highest BCUT2D eigenvalue weighted by atomic mass is 32.2. The van der Waals surface area contributed by atoms with Gasteiger partial charge in [0.2, 0.25) is 10.0 Å². The molecule has 0 saturated heterocycles. The summed E-state index contributed by atoms with van der Waals surface area (Å²) in [6.45, 7) is 5.75. The largest absolute Gasteiger partial charge is 0.468 e. The lowest BCUT2D eigenvalue weighted by molar-refractivity contribution is -0.139. The number of hydrogen-bond donors (Lipinski definition) is 2. The van der Waals surface area contributed by atoms with E-state index in [2.05, 4.69) is 9.46 Å². The number of aliphatic hydroxyl groups excluding tert-OH is 1. The van der Waals surface area contributed by atoms with Crippen molar-refractivity contribution in [1.29, 1.82) is 0 Å². The van der Waals surface area contributed by atoms with Crippen molar-refractivity contribution >= 4 is 16.0 Å². The first-order valence-electron chi connectivity index (χ1n) is 4.83. The number of esters is 1. The molecule has 0 amide bonds. The molecule has 2 atom stereocenters. The van der Waals surface area contributed by atoms with Crippen LogP contribution in [0.3, 0.4) is 0 Å². The molecule has 0 aliphatic carbocycles. The van der Waals surface area contributed by atoms with E-state index < -0.39 is 32.9 Å². The Labute approximate surface area is 96.0 Å². The first-order chi connectivity index (χ1) is 7.04. The van der Waals surface area contributed by atoms with Gasteiger partial charge in [-0.25, -0.2) is 13.1 Å². The highest BCUT2D eigenvalue weighted by molar-refractivity contribution is 7.90. The van der Waals surface area contributed by atoms with Crippen LogP contribution in [0, 0.1) is 0 Å². The zero-order valence-corrected chi connectivity index (χ0v) is 11.0. The molecule has 0 saturated carbocycles. The molecule has 0 bridgehead atoms. The summed E-state index contributed by atoms with van der Waals surface area (Å²) in [4.78, 5) is 11.1. The highest BCUT2D eigenvalue weighted by Crippen LogP contribution is 2.13. The molecule has 6 nitrogen and oxygen atoms in total. The minimum Gasteiger partial charge on any atom is -0.468 e. The third kappa shape index (κ3) is 3.73. The van der Waals surface area contributed by atoms with Gasteiger partial charge in [-0.15, -0.1) is 0 Å². The molecule has 96 valence electrons. The molecule has 2 N–H and O–H groups in total. The van der Waals surface area contributed by atoms with E-state index in [4.69, 9.17) is 0 Å². The van der Waals surface area contributed by atoms with Gasteiger partial charge in [0.15, 0.2) is 5.25 Å². The van der Waals surface area contributed by atoms with Crippen LogP contribution in [0.25, 0.3) is 0 Å². The predicted molar refractivity (Wildman–Crippen MR) is 59.3 cm³/mol. The second-order valence-corrected chi connectivity index (χ2v) is 6.21. The van der Waals surface area contributed by atoms with E-state index in [1.807, 2.05) is 0 Å². The molecule has 0 heterocycles. The molecule has 2 unspecified atom stereocenters. The van der Waals surface area contributed by atoms with Gasteiger partial charge in [0.25, 0.3) is 0 Å². The molecular formula is C9H19NO5S. The monoisotopic (exact) mass is 253 g/mol. The Hall–Kier alpha value is -0.660. The Bertz CT molecular complexity index is 347. The lowest BCUT2D eigenvalue weighted by Gasteiger charge is -2.29. The summed E-state index contributed by atoms with van der Waals surface area (Å²) in [6.07, 6.45) is -0.882. The van der Waals surface area contributed by atoms with E-state index in [1.54, 1.807) is 0 Å². The number of sulfonamides is 1. The van der Waals surface area contributed by atoms with Crippen LogP contribution < -0.4 is 4.72 Å². The van der Waals surface area contributed by atoms with Crippen LogP contribution in [0.4, 0.5) is 0 Å². The molecule has 0 fully saturated rings. The van der Waals surface area contributed by atoms with Crippen molar-refractivity contribution in [1.82, 2.24) is 4.72 Å². The van der Waals surface area contributed by atoms with Gasteiger partial charge in [0, 0.05) is 0 Å². The van der Waals surface area contributed by atoms with Crippen LogP contribution in [-0.2, 0) is 19.6 Å². The lowest BCUT2D eigenvalue weighted by Crippen LogP contribution is -2.54. The van der Waals surface area contributed by atoms with E-state index in [9.17, 15) is 18.3 Å². The van der Waals surface area contributed by atoms with Crippen molar-refractivity contribution in [2.75, 3.05) is 7.11 Å². The van der Waals surface area contributed by atoms with Gasteiger partial charge in [-0.1, -0.05) is 0 Å². The number of rotatable bonds is 5. The molecule has 0 spiro atoms. The van der Waals surface area contributed by atoms with Crippen LogP contribution in [0.2, 0.25) is 0 Å². The van der Waals surface area contributed by atoms with Crippen LogP contribution in [0.15, 0.2) is 0 Å². The molecule has 0 radical (unpaired) electrons. The molecule has 0 aromatic heterocycles. The highest BCUT2D eigenvalue weighted by Gasteiger charge is 2.36. The molecule has 0 rings (SSSR count). The van der Waals surface area contributed by atoms with Gasteiger partial charge in [0.1, 0.15) is 0 Å². The predicted octanol–water partition coefficient (Wildman–Crippen LogP) is -0.373. The fourth-order valence-corrected chi connectivity index (χ4v) is 2.26. The molecule has 0 aliphatic rings. The first-order valence-corrected chi connectivity index (χ1v) is 6.38. The van der Waals surface area contributed by atoms with E-state index in [1.165, 1.54) is 27.7 Å². The van der Waals surface area contributed by atoms with E-state index in [-0.39, 0.29) is 0 Å². The quantitative estimate of drug-likeness (QED) is 0.652. The Morgan fingerprint density at radius 1 is 1.38 bits per heavy atom. The van der Waals surface area contributed by atoms with Gasteiger partial charge >= 0.3 is 5.97 Å². The SMILES string of the molecule is COC(=O)C(C)S(=O)(=O)NC(C)(C)C(C)O. The number of carbonyl (C=O) groups excluding carboxylic acids is 1.